The lowest BCUT2D eigenvalue weighted by atomic mass is 10.0. The van der Waals surface area contributed by atoms with Crippen molar-refractivity contribution >= 4 is 40.9 Å². The fourth-order valence-electron chi connectivity index (χ4n) is 1.26. The van der Waals surface area contributed by atoms with Gasteiger partial charge < -0.3 is 5.32 Å². The zero-order valence-electron chi connectivity index (χ0n) is 8.29. The molecule has 0 radical (unpaired) electrons. The summed E-state index contributed by atoms with van der Waals surface area (Å²) in [7, 11) is 0. The van der Waals surface area contributed by atoms with Crippen LogP contribution in [-0.4, -0.2) is 31.5 Å². The van der Waals surface area contributed by atoms with E-state index in [4.69, 9.17) is 23.2 Å². The number of nitrogens with zero attached hydrogens (tertiary/aromatic N) is 3. The molecule has 1 unspecified atom stereocenters. The topological polar surface area (TPSA) is 50.7 Å². The first-order chi connectivity index (χ1) is 6.97. The molecule has 1 N–H and O–H groups in total. The van der Waals surface area contributed by atoms with Crippen molar-refractivity contribution in [3.63, 3.8) is 0 Å². The van der Waals surface area contributed by atoms with Gasteiger partial charge in [-0.15, -0.1) is 0 Å². The summed E-state index contributed by atoms with van der Waals surface area (Å²) >= 11 is 13.2. The van der Waals surface area contributed by atoms with E-state index in [-0.39, 0.29) is 15.3 Å². The lowest BCUT2D eigenvalue weighted by Gasteiger charge is -2.43. The smallest absolute Gasteiger partial charge is 0.228 e. The average molecular weight is 265 g/mol. The molecule has 2 heterocycles. The van der Waals surface area contributed by atoms with Crippen LogP contribution in [0.1, 0.15) is 13.8 Å². The van der Waals surface area contributed by atoms with Gasteiger partial charge in [0.05, 0.1) is 6.04 Å². The van der Waals surface area contributed by atoms with Gasteiger partial charge >= 0.3 is 0 Å². The summed E-state index contributed by atoms with van der Waals surface area (Å²) in [5.74, 6) is 1.48. The standard InChI is InChI=1S/C8H10Cl2N4S/c1-8(2)4(3-15-8)11-7-13-5(9)12-6(10)14-7/h4H,3H2,1-2H3,(H,11,12,13,14). The number of rotatable bonds is 2. The fourth-order valence-corrected chi connectivity index (χ4v) is 2.77. The van der Waals surface area contributed by atoms with E-state index < -0.39 is 0 Å². The molecule has 7 heteroatoms. The molecule has 0 saturated carbocycles. The molecule has 0 amide bonds. The normalized spacial score (nSPS) is 23.3. The number of anilines is 1. The molecule has 2 rings (SSSR count). The quantitative estimate of drug-likeness (QED) is 0.890. The van der Waals surface area contributed by atoms with Crippen molar-refractivity contribution in [2.75, 3.05) is 11.1 Å². The van der Waals surface area contributed by atoms with Crippen molar-refractivity contribution < 1.29 is 0 Å². The highest BCUT2D eigenvalue weighted by Crippen LogP contribution is 2.41. The van der Waals surface area contributed by atoms with Crippen LogP contribution in [0.15, 0.2) is 0 Å². The van der Waals surface area contributed by atoms with Gasteiger partial charge in [0.15, 0.2) is 0 Å². The number of hydrogen-bond acceptors (Lipinski definition) is 5. The summed E-state index contributed by atoms with van der Waals surface area (Å²) in [4.78, 5) is 11.6. The Morgan fingerprint density at radius 3 is 2.27 bits per heavy atom. The second-order valence-electron chi connectivity index (χ2n) is 3.81. The summed E-state index contributed by atoms with van der Waals surface area (Å²) in [5.41, 5.74) is 0. The van der Waals surface area contributed by atoms with Gasteiger partial charge in [0.2, 0.25) is 16.5 Å². The first-order valence-electron chi connectivity index (χ1n) is 4.45. The van der Waals surface area contributed by atoms with Crippen molar-refractivity contribution in [2.45, 2.75) is 24.6 Å². The molecule has 1 saturated heterocycles. The minimum Gasteiger partial charge on any atom is -0.349 e. The summed E-state index contributed by atoms with van der Waals surface area (Å²) in [5, 5.41) is 3.42. The summed E-state index contributed by atoms with van der Waals surface area (Å²) in [6, 6.07) is 0.344. The predicted octanol–water partition coefficient (Wildman–Crippen LogP) is 2.48. The van der Waals surface area contributed by atoms with Crippen molar-refractivity contribution in [1.29, 1.82) is 0 Å². The Morgan fingerprint density at radius 1 is 1.27 bits per heavy atom. The van der Waals surface area contributed by atoms with Gasteiger partial charge in [0, 0.05) is 10.5 Å². The monoisotopic (exact) mass is 264 g/mol. The zero-order chi connectivity index (χ0) is 11.1. The lowest BCUT2D eigenvalue weighted by molar-refractivity contribution is 0.572. The van der Waals surface area contributed by atoms with Gasteiger partial charge in [-0.1, -0.05) is 0 Å². The van der Waals surface area contributed by atoms with Crippen LogP contribution >= 0.6 is 35.0 Å². The Morgan fingerprint density at radius 2 is 1.87 bits per heavy atom. The van der Waals surface area contributed by atoms with Crippen LogP contribution in [0.25, 0.3) is 0 Å². The molecule has 15 heavy (non-hydrogen) atoms. The molecular weight excluding hydrogens is 255 g/mol. The average Bonchev–Trinajstić information content (AvgIpc) is 2.11. The van der Waals surface area contributed by atoms with Crippen molar-refractivity contribution in [3.05, 3.63) is 10.6 Å². The second kappa shape index (κ2) is 3.96. The van der Waals surface area contributed by atoms with Gasteiger partial charge in [0.25, 0.3) is 0 Å². The van der Waals surface area contributed by atoms with Gasteiger partial charge in [0.1, 0.15) is 0 Å². The van der Waals surface area contributed by atoms with Crippen LogP contribution in [0.3, 0.4) is 0 Å². The highest BCUT2D eigenvalue weighted by molar-refractivity contribution is 8.02. The third kappa shape index (κ3) is 2.46. The SMILES string of the molecule is CC1(C)SCC1Nc1nc(Cl)nc(Cl)n1. The largest absolute Gasteiger partial charge is 0.349 e. The maximum absolute atomic E-state index is 5.67. The molecule has 0 spiro atoms. The number of hydrogen-bond donors (Lipinski definition) is 1. The van der Waals surface area contributed by atoms with Gasteiger partial charge in [-0.05, 0) is 37.0 Å². The minimum atomic E-state index is 0.113. The van der Waals surface area contributed by atoms with E-state index in [1.54, 1.807) is 0 Å². The minimum absolute atomic E-state index is 0.113. The first kappa shape index (κ1) is 11.2. The van der Waals surface area contributed by atoms with E-state index in [1.165, 1.54) is 0 Å². The van der Waals surface area contributed by atoms with Crippen LogP contribution in [0, 0.1) is 0 Å². The predicted molar refractivity (Wildman–Crippen MR) is 63.8 cm³/mol. The molecule has 0 aliphatic carbocycles. The lowest BCUT2D eigenvalue weighted by Crippen LogP contribution is -2.50. The van der Waals surface area contributed by atoms with Crippen LogP contribution in [0.4, 0.5) is 5.95 Å². The van der Waals surface area contributed by atoms with E-state index in [0.29, 0.717) is 12.0 Å². The highest BCUT2D eigenvalue weighted by Gasteiger charge is 2.39. The number of nitrogens with one attached hydrogen (secondary N) is 1. The number of thioether (sulfide) groups is 1. The molecule has 4 nitrogen and oxygen atoms in total. The molecule has 1 atom stereocenters. The maximum Gasteiger partial charge on any atom is 0.228 e. The van der Waals surface area contributed by atoms with Crippen LogP contribution in [-0.2, 0) is 0 Å². The summed E-state index contributed by atoms with van der Waals surface area (Å²) < 4.78 is 0.200. The molecule has 1 aliphatic heterocycles. The molecule has 1 aliphatic rings. The van der Waals surface area contributed by atoms with Crippen LogP contribution < -0.4 is 5.32 Å². The maximum atomic E-state index is 5.67. The van der Waals surface area contributed by atoms with E-state index >= 15 is 0 Å². The summed E-state index contributed by atoms with van der Waals surface area (Å²) in [6.07, 6.45) is 0. The molecule has 82 valence electrons. The zero-order valence-corrected chi connectivity index (χ0v) is 10.6. The van der Waals surface area contributed by atoms with Crippen LogP contribution in [0.5, 0.6) is 0 Å². The third-order valence-electron chi connectivity index (χ3n) is 2.35. The van der Waals surface area contributed by atoms with Crippen molar-refractivity contribution in [3.8, 4) is 0 Å². The number of halogens is 2. The molecule has 0 bridgehead atoms. The Balaban J connectivity index is 2.11. The van der Waals surface area contributed by atoms with Crippen molar-refractivity contribution in [2.24, 2.45) is 0 Å². The molecule has 1 aromatic heterocycles. The van der Waals surface area contributed by atoms with E-state index in [1.807, 2.05) is 11.8 Å². The van der Waals surface area contributed by atoms with Gasteiger partial charge in [-0.3, -0.25) is 0 Å². The Labute approximate surface area is 102 Å². The molecular formula is C8H10Cl2N4S. The van der Waals surface area contributed by atoms with E-state index in [2.05, 4.69) is 34.1 Å². The molecule has 0 aromatic carbocycles. The van der Waals surface area contributed by atoms with E-state index in [0.717, 1.165) is 5.75 Å². The number of aromatic nitrogens is 3. The highest BCUT2D eigenvalue weighted by atomic mass is 35.5. The second-order valence-corrected chi connectivity index (χ2v) is 6.16. The Kier molecular flexibility index (Phi) is 2.96. The molecule has 1 fully saturated rings. The van der Waals surface area contributed by atoms with Crippen LogP contribution in [0.2, 0.25) is 10.6 Å². The van der Waals surface area contributed by atoms with Gasteiger partial charge in [-0.2, -0.15) is 26.7 Å². The first-order valence-corrected chi connectivity index (χ1v) is 6.19. The third-order valence-corrected chi connectivity index (χ3v) is 4.21. The Bertz CT molecular complexity index is 365. The fraction of sp³-hybridized carbons (Fsp3) is 0.625. The summed E-state index contributed by atoms with van der Waals surface area (Å²) in [6.45, 7) is 4.34. The Hall–Kier alpha value is -0.260. The van der Waals surface area contributed by atoms with Crippen molar-refractivity contribution in [1.82, 2.24) is 15.0 Å². The van der Waals surface area contributed by atoms with E-state index in [9.17, 15) is 0 Å². The molecule has 1 aromatic rings. The van der Waals surface area contributed by atoms with Gasteiger partial charge in [-0.25, -0.2) is 0 Å².